The van der Waals surface area contributed by atoms with E-state index in [0.29, 0.717) is 19.1 Å². The molecule has 2 rings (SSSR count). The molecule has 112 valence electrons. The molecule has 0 spiro atoms. The molecule has 0 aliphatic heterocycles. The summed E-state index contributed by atoms with van der Waals surface area (Å²) in [6.45, 7) is 5.41. The van der Waals surface area contributed by atoms with Crippen molar-refractivity contribution in [2.45, 2.75) is 26.2 Å². The minimum atomic E-state index is 0.307. The van der Waals surface area contributed by atoms with E-state index in [9.17, 15) is 0 Å². The molecule has 0 aliphatic carbocycles. The van der Waals surface area contributed by atoms with E-state index in [0.717, 1.165) is 17.2 Å². The van der Waals surface area contributed by atoms with Crippen LogP contribution in [0.4, 0.5) is 0 Å². The van der Waals surface area contributed by atoms with Crippen molar-refractivity contribution in [1.29, 1.82) is 0 Å². The summed E-state index contributed by atoms with van der Waals surface area (Å²) in [5.74, 6) is 1.22. The van der Waals surface area contributed by atoms with Crippen molar-refractivity contribution >= 4 is 11.6 Å². The van der Waals surface area contributed by atoms with E-state index in [1.807, 2.05) is 25.1 Å². The fourth-order valence-corrected chi connectivity index (χ4v) is 2.71. The van der Waals surface area contributed by atoms with Crippen molar-refractivity contribution in [2.75, 3.05) is 13.2 Å². The highest BCUT2D eigenvalue weighted by molar-refractivity contribution is 6.30. The Morgan fingerprint density at radius 1 is 1.14 bits per heavy atom. The Hall–Kier alpha value is -1.51. The van der Waals surface area contributed by atoms with Crippen LogP contribution in [0.25, 0.3) is 0 Å². The fraction of sp³-hybridized carbons (Fsp3) is 0.333. The lowest BCUT2D eigenvalue weighted by Crippen LogP contribution is -2.16. The molecule has 21 heavy (non-hydrogen) atoms. The third-order valence-electron chi connectivity index (χ3n) is 3.67. The molecule has 1 atom stereocenters. The second-order valence-electron chi connectivity index (χ2n) is 5.21. The van der Waals surface area contributed by atoms with Crippen LogP contribution in [0.3, 0.4) is 0 Å². The van der Waals surface area contributed by atoms with Crippen LogP contribution >= 0.6 is 11.6 Å². The first-order valence-electron chi connectivity index (χ1n) is 7.32. The number of nitrogens with two attached hydrogens (primary N) is 1. The lowest BCUT2D eigenvalue weighted by molar-refractivity contribution is 0.340. The Kier molecular flexibility index (Phi) is 5.66. The molecule has 0 amide bonds. The van der Waals surface area contributed by atoms with Gasteiger partial charge in [0.25, 0.3) is 0 Å². The number of aryl methyl sites for hydroxylation is 1. The molecule has 2 aromatic rings. The summed E-state index contributed by atoms with van der Waals surface area (Å²) in [4.78, 5) is 0. The number of hydrogen-bond donors (Lipinski definition) is 1. The van der Waals surface area contributed by atoms with Gasteiger partial charge in [0.05, 0.1) is 6.61 Å². The number of halogens is 1. The summed E-state index contributed by atoms with van der Waals surface area (Å²) in [5.41, 5.74) is 9.76. The number of rotatable bonds is 6. The predicted molar refractivity (Wildman–Crippen MR) is 89.3 cm³/mol. The third kappa shape index (κ3) is 4.23. The number of hydrogen-bond acceptors (Lipinski definition) is 2. The molecular weight excluding hydrogens is 282 g/mol. The van der Waals surface area contributed by atoms with Crippen LogP contribution in [0, 0.1) is 6.92 Å². The zero-order valence-electron chi connectivity index (χ0n) is 12.6. The molecule has 0 heterocycles. The molecule has 1 unspecified atom stereocenters. The highest BCUT2D eigenvalue weighted by Crippen LogP contribution is 2.27. The number of ether oxygens (including phenoxy) is 1. The maximum atomic E-state index is 5.99. The topological polar surface area (TPSA) is 35.2 Å². The van der Waals surface area contributed by atoms with E-state index in [1.165, 1.54) is 16.7 Å². The van der Waals surface area contributed by atoms with Crippen molar-refractivity contribution in [3.05, 3.63) is 64.2 Å². The molecule has 0 aromatic heterocycles. The van der Waals surface area contributed by atoms with Gasteiger partial charge in [-0.15, -0.1) is 0 Å². The minimum Gasteiger partial charge on any atom is -0.494 e. The van der Waals surface area contributed by atoms with Gasteiger partial charge in [-0.2, -0.15) is 0 Å². The summed E-state index contributed by atoms with van der Waals surface area (Å²) < 4.78 is 5.54. The van der Waals surface area contributed by atoms with E-state index in [4.69, 9.17) is 22.1 Å². The molecule has 3 heteroatoms. The standard InChI is InChI=1S/C18H22ClNO/c1-3-21-17-8-9-18(13(2)10-17)15(12-20)11-14-4-6-16(19)7-5-14/h4-10,15H,3,11-12,20H2,1-2H3. The van der Waals surface area contributed by atoms with Gasteiger partial charge in [-0.25, -0.2) is 0 Å². The molecule has 2 N–H and O–H groups in total. The highest BCUT2D eigenvalue weighted by Gasteiger charge is 2.13. The first-order chi connectivity index (χ1) is 10.1. The molecule has 2 aromatic carbocycles. The maximum absolute atomic E-state index is 5.99. The zero-order chi connectivity index (χ0) is 15.2. The van der Waals surface area contributed by atoms with Gasteiger partial charge < -0.3 is 10.5 Å². The van der Waals surface area contributed by atoms with E-state index in [-0.39, 0.29) is 0 Å². The lowest BCUT2D eigenvalue weighted by atomic mass is 9.89. The van der Waals surface area contributed by atoms with Crippen LogP contribution in [0.1, 0.15) is 29.5 Å². The molecule has 2 nitrogen and oxygen atoms in total. The highest BCUT2D eigenvalue weighted by atomic mass is 35.5. The molecule has 0 saturated heterocycles. The third-order valence-corrected chi connectivity index (χ3v) is 3.92. The minimum absolute atomic E-state index is 0.307. The Morgan fingerprint density at radius 3 is 2.43 bits per heavy atom. The normalized spacial score (nSPS) is 12.2. The van der Waals surface area contributed by atoms with Gasteiger partial charge in [-0.1, -0.05) is 29.8 Å². The van der Waals surface area contributed by atoms with Gasteiger partial charge in [-0.05, 0) is 67.8 Å². The average Bonchev–Trinajstić information content (AvgIpc) is 2.48. The molecule has 0 saturated carbocycles. The van der Waals surface area contributed by atoms with Crippen LogP contribution in [0.5, 0.6) is 5.75 Å². The number of benzene rings is 2. The van der Waals surface area contributed by atoms with Gasteiger partial charge in [0.15, 0.2) is 0 Å². The SMILES string of the molecule is CCOc1ccc(C(CN)Cc2ccc(Cl)cc2)c(C)c1. The molecule has 0 aliphatic rings. The van der Waals surface area contributed by atoms with Crippen LogP contribution in [-0.2, 0) is 6.42 Å². The van der Waals surface area contributed by atoms with Crippen molar-refractivity contribution in [2.24, 2.45) is 5.73 Å². The first kappa shape index (κ1) is 15.9. The van der Waals surface area contributed by atoms with Gasteiger partial charge >= 0.3 is 0 Å². The summed E-state index contributed by atoms with van der Waals surface area (Å²) in [7, 11) is 0. The van der Waals surface area contributed by atoms with Gasteiger partial charge in [-0.3, -0.25) is 0 Å². The Labute approximate surface area is 131 Å². The fourth-order valence-electron chi connectivity index (χ4n) is 2.59. The lowest BCUT2D eigenvalue weighted by Gasteiger charge is -2.19. The molecular formula is C18H22ClNO. The Balaban J connectivity index is 2.18. The van der Waals surface area contributed by atoms with E-state index < -0.39 is 0 Å². The average molecular weight is 304 g/mol. The summed E-state index contributed by atoms with van der Waals surface area (Å²) in [6, 6.07) is 14.2. The Bertz CT molecular complexity index is 580. The van der Waals surface area contributed by atoms with E-state index >= 15 is 0 Å². The summed E-state index contributed by atoms with van der Waals surface area (Å²) >= 11 is 5.93. The van der Waals surface area contributed by atoms with Crippen molar-refractivity contribution in [3.63, 3.8) is 0 Å². The van der Waals surface area contributed by atoms with Gasteiger partial charge in [0.2, 0.25) is 0 Å². The van der Waals surface area contributed by atoms with Crippen molar-refractivity contribution in [1.82, 2.24) is 0 Å². The van der Waals surface area contributed by atoms with Gasteiger partial charge in [0, 0.05) is 10.9 Å². The van der Waals surface area contributed by atoms with E-state index in [1.54, 1.807) is 0 Å². The first-order valence-corrected chi connectivity index (χ1v) is 7.69. The molecule has 0 bridgehead atoms. The Morgan fingerprint density at radius 2 is 1.86 bits per heavy atom. The van der Waals surface area contributed by atoms with Crippen LogP contribution in [0.2, 0.25) is 5.02 Å². The van der Waals surface area contributed by atoms with Crippen molar-refractivity contribution in [3.8, 4) is 5.75 Å². The zero-order valence-corrected chi connectivity index (χ0v) is 13.4. The predicted octanol–water partition coefficient (Wildman–Crippen LogP) is 4.33. The second kappa shape index (κ2) is 7.48. The molecule has 0 radical (unpaired) electrons. The monoisotopic (exact) mass is 303 g/mol. The molecule has 0 fully saturated rings. The summed E-state index contributed by atoms with van der Waals surface area (Å²) in [5, 5.41) is 0.764. The summed E-state index contributed by atoms with van der Waals surface area (Å²) in [6.07, 6.45) is 0.919. The second-order valence-corrected chi connectivity index (χ2v) is 5.65. The largest absolute Gasteiger partial charge is 0.494 e. The van der Waals surface area contributed by atoms with Crippen LogP contribution < -0.4 is 10.5 Å². The smallest absolute Gasteiger partial charge is 0.119 e. The van der Waals surface area contributed by atoms with Crippen molar-refractivity contribution < 1.29 is 4.74 Å². The quantitative estimate of drug-likeness (QED) is 0.862. The van der Waals surface area contributed by atoms with Crippen LogP contribution in [0.15, 0.2) is 42.5 Å². The van der Waals surface area contributed by atoms with Crippen LogP contribution in [-0.4, -0.2) is 13.2 Å². The van der Waals surface area contributed by atoms with Gasteiger partial charge in [0.1, 0.15) is 5.75 Å². The maximum Gasteiger partial charge on any atom is 0.119 e. The van der Waals surface area contributed by atoms with E-state index in [2.05, 4.69) is 31.2 Å².